The van der Waals surface area contributed by atoms with Crippen LogP contribution in [0.15, 0.2) is 0 Å². The van der Waals surface area contributed by atoms with Crippen molar-refractivity contribution in [1.82, 2.24) is 4.90 Å². The number of hydrogen-bond acceptors (Lipinski definition) is 2. The zero-order valence-corrected chi connectivity index (χ0v) is 7.40. The predicted molar refractivity (Wildman–Crippen MR) is 44.6 cm³/mol. The Hall–Kier alpha value is -0.0800. The lowest BCUT2D eigenvalue weighted by molar-refractivity contribution is 0.0316. The van der Waals surface area contributed by atoms with Crippen LogP contribution in [0.4, 0.5) is 0 Å². The van der Waals surface area contributed by atoms with E-state index in [0.29, 0.717) is 0 Å². The van der Waals surface area contributed by atoms with Gasteiger partial charge in [-0.1, -0.05) is 0 Å². The molecule has 2 heterocycles. The second-order valence-electron chi connectivity index (χ2n) is 5.32. The van der Waals surface area contributed by atoms with Crippen molar-refractivity contribution in [2.75, 3.05) is 7.05 Å². The number of hydrogen-bond donors (Lipinski definition) is 1. The Labute approximate surface area is 72.6 Å². The molecule has 2 aliphatic heterocycles. The van der Waals surface area contributed by atoms with E-state index < -0.39 is 0 Å². The number of piperidine rings is 2. The van der Waals surface area contributed by atoms with Crippen LogP contribution >= 0.6 is 0 Å². The molecule has 0 aromatic heterocycles. The molecule has 2 aliphatic carbocycles. The molecule has 2 bridgehead atoms. The summed E-state index contributed by atoms with van der Waals surface area (Å²) < 4.78 is 0. The molecule has 0 aromatic rings. The lowest BCUT2D eigenvalue weighted by Gasteiger charge is -2.36. The molecular formula is C10H15NO. The maximum absolute atomic E-state index is 9.65. The van der Waals surface area contributed by atoms with Crippen LogP contribution in [0.25, 0.3) is 0 Å². The monoisotopic (exact) mass is 165 g/mol. The van der Waals surface area contributed by atoms with Gasteiger partial charge in [-0.3, -0.25) is 4.90 Å². The topological polar surface area (TPSA) is 23.5 Å². The summed E-state index contributed by atoms with van der Waals surface area (Å²) in [7, 11) is 2.26. The van der Waals surface area contributed by atoms with Crippen molar-refractivity contribution in [3.63, 3.8) is 0 Å². The molecule has 2 saturated carbocycles. The summed E-state index contributed by atoms with van der Waals surface area (Å²) in [6.07, 6.45) is 3.60. The minimum Gasteiger partial charge on any atom is -0.393 e. The zero-order valence-electron chi connectivity index (χ0n) is 7.40. The second-order valence-corrected chi connectivity index (χ2v) is 5.32. The first-order valence-electron chi connectivity index (χ1n) is 5.15. The number of aliphatic hydroxyl groups is 1. The van der Waals surface area contributed by atoms with E-state index in [2.05, 4.69) is 11.9 Å². The summed E-state index contributed by atoms with van der Waals surface area (Å²) in [5, 5.41) is 9.65. The van der Waals surface area contributed by atoms with E-state index in [1.807, 2.05) is 0 Å². The Morgan fingerprint density at radius 2 is 2.25 bits per heavy atom. The van der Waals surface area contributed by atoms with Crippen molar-refractivity contribution >= 4 is 0 Å². The molecule has 4 rings (SSSR count). The fraction of sp³-hybridized carbons (Fsp3) is 1.00. The maximum Gasteiger partial charge on any atom is 0.0570 e. The largest absolute Gasteiger partial charge is 0.393 e. The van der Waals surface area contributed by atoms with Gasteiger partial charge in [0.05, 0.1) is 6.10 Å². The minimum atomic E-state index is 0.0135. The van der Waals surface area contributed by atoms with Gasteiger partial charge in [-0.25, -0.2) is 0 Å². The summed E-state index contributed by atoms with van der Waals surface area (Å²) >= 11 is 0. The van der Waals surface area contributed by atoms with Crippen LogP contribution in [0.3, 0.4) is 0 Å². The summed E-state index contributed by atoms with van der Waals surface area (Å²) in [6.45, 7) is 0. The highest BCUT2D eigenvalue weighted by Gasteiger charge is 2.88. The number of aliphatic hydroxyl groups excluding tert-OH is 1. The van der Waals surface area contributed by atoms with Crippen LogP contribution in [-0.4, -0.2) is 35.2 Å². The first-order chi connectivity index (χ1) is 5.75. The zero-order chi connectivity index (χ0) is 8.09. The Morgan fingerprint density at radius 1 is 1.42 bits per heavy atom. The fourth-order valence-corrected chi connectivity index (χ4v) is 4.42. The summed E-state index contributed by atoms with van der Waals surface area (Å²) in [6, 6.07) is 1.50. The van der Waals surface area contributed by atoms with E-state index in [4.69, 9.17) is 0 Å². The van der Waals surface area contributed by atoms with Gasteiger partial charge >= 0.3 is 0 Å². The molecule has 4 aliphatic rings. The van der Waals surface area contributed by atoms with Gasteiger partial charge in [-0.05, 0) is 43.6 Å². The molecule has 4 unspecified atom stereocenters. The molecule has 66 valence electrons. The van der Waals surface area contributed by atoms with Crippen molar-refractivity contribution < 1.29 is 5.11 Å². The molecule has 0 radical (unpaired) electrons. The van der Waals surface area contributed by atoms with E-state index in [9.17, 15) is 5.11 Å². The number of nitrogens with zero attached hydrogens (tertiary/aromatic N) is 1. The third-order valence-corrected chi connectivity index (χ3v) is 5.11. The molecule has 4 fully saturated rings. The van der Waals surface area contributed by atoms with Gasteiger partial charge in [-0.2, -0.15) is 0 Å². The van der Waals surface area contributed by atoms with Crippen molar-refractivity contribution in [2.24, 2.45) is 17.3 Å². The Balaban J connectivity index is 1.78. The lowest BCUT2D eigenvalue weighted by Crippen LogP contribution is -2.45. The molecular weight excluding hydrogens is 150 g/mol. The number of rotatable bonds is 0. The summed E-state index contributed by atoms with van der Waals surface area (Å²) in [5.74, 6) is 2.10. The molecule has 0 aromatic carbocycles. The van der Waals surface area contributed by atoms with Gasteiger partial charge in [0.2, 0.25) is 0 Å². The second kappa shape index (κ2) is 1.48. The van der Waals surface area contributed by atoms with Gasteiger partial charge in [0.15, 0.2) is 0 Å². The first-order valence-corrected chi connectivity index (χ1v) is 5.15. The van der Waals surface area contributed by atoms with Crippen LogP contribution in [0, 0.1) is 17.3 Å². The maximum atomic E-state index is 9.65. The predicted octanol–water partition coefficient (Wildman–Crippen LogP) is 0.460. The highest BCUT2D eigenvalue weighted by Crippen LogP contribution is 2.88. The lowest BCUT2D eigenvalue weighted by atomic mass is 9.96. The van der Waals surface area contributed by atoms with Gasteiger partial charge in [0, 0.05) is 12.1 Å². The highest BCUT2D eigenvalue weighted by atomic mass is 16.3. The molecule has 1 spiro atoms. The molecule has 2 heteroatoms. The van der Waals surface area contributed by atoms with Crippen LogP contribution in [0.5, 0.6) is 0 Å². The summed E-state index contributed by atoms with van der Waals surface area (Å²) in [5.41, 5.74) is 0.747. The fourth-order valence-electron chi connectivity index (χ4n) is 4.42. The molecule has 1 N–H and O–H groups in total. The van der Waals surface area contributed by atoms with Crippen LogP contribution in [0.2, 0.25) is 0 Å². The highest BCUT2D eigenvalue weighted by molar-refractivity contribution is 5.37. The Bertz CT molecular complexity index is 265. The minimum absolute atomic E-state index is 0.0135. The quantitative estimate of drug-likeness (QED) is 0.563. The first kappa shape index (κ1) is 6.39. The van der Waals surface area contributed by atoms with Crippen molar-refractivity contribution in [3.8, 4) is 0 Å². The van der Waals surface area contributed by atoms with Crippen LogP contribution < -0.4 is 0 Å². The van der Waals surface area contributed by atoms with Crippen LogP contribution in [-0.2, 0) is 0 Å². The third kappa shape index (κ3) is 0.428. The van der Waals surface area contributed by atoms with E-state index in [1.165, 1.54) is 6.42 Å². The van der Waals surface area contributed by atoms with Gasteiger partial charge in [0.1, 0.15) is 0 Å². The average Bonchev–Trinajstić information content (AvgIpc) is 2.79. The van der Waals surface area contributed by atoms with Crippen LogP contribution in [0.1, 0.15) is 19.3 Å². The van der Waals surface area contributed by atoms with Gasteiger partial charge in [0.25, 0.3) is 0 Å². The van der Waals surface area contributed by atoms with Crippen molar-refractivity contribution in [1.29, 1.82) is 0 Å². The standard InChI is InChI=1S/C10H15NO/c1-11-7-2-5(12)3-8(11)10-4-6(10)9(7)10/h5-9,12H,2-4H2,1H3/t5?,6?,7?,8?,9-,10-/m0/s1. The number of fused-ring (bicyclic) bond motifs is 4. The third-order valence-electron chi connectivity index (χ3n) is 5.11. The van der Waals surface area contributed by atoms with Crippen molar-refractivity contribution in [3.05, 3.63) is 0 Å². The van der Waals surface area contributed by atoms with Crippen molar-refractivity contribution in [2.45, 2.75) is 37.5 Å². The molecule has 0 amide bonds. The average molecular weight is 165 g/mol. The Morgan fingerprint density at radius 3 is 2.92 bits per heavy atom. The van der Waals surface area contributed by atoms with Gasteiger partial charge in [-0.15, -0.1) is 0 Å². The van der Waals surface area contributed by atoms with Gasteiger partial charge < -0.3 is 5.11 Å². The molecule has 6 atom stereocenters. The SMILES string of the molecule is CN1C2CC(O)CC1[C@]13CC1[C@@H]23. The van der Waals surface area contributed by atoms with E-state index in [1.54, 1.807) is 0 Å². The molecule has 12 heavy (non-hydrogen) atoms. The van der Waals surface area contributed by atoms with E-state index in [0.717, 1.165) is 42.2 Å². The van der Waals surface area contributed by atoms with E-state index >= 15 is 0 Å². The Kier molecular flexibility index (Phi) is 0.789. The molecule has 2 nitrogen and oxygen atoms in total. The molecule has 2 saturated heterocycles. The normalized spacial score (nSPS) is 72.0. The summed E-state index contributed by atoms with van der Waals surface area (Å²) in [4.78, 5) is 2.56. The van der Waals surface area contributed by atoms with E-state index in [-0.39, 0.29) is 6.10 Å². The smallest absolute Gasteiger partial charge is 0.0570 e.